The topological polar surface area (TPSA) is 94.1 Å². The van der Waals surface area contributed by atoms with E-state index in [1.54, 1.807) is 0 Å². The van der Waals surface area contributed by atoms with E-state index in [1.165, 1.54) is 128 Å². The lowest BCUT2D eigenvalue weighted by Gasteiger charge is -2.28. The molecule has 0 bridgehead atoms. The molecule has 0 rings (SSSR count). The van der Waals surface area contributed by atoms with Gasteiger partial charge in [-0.2, -0.15) is 0 Å². The summed E-state index contributed by atoms with van der Waals surface area (Å²) in [4.78, 5) is 25.1. The fourth-order valence-electron chi connectivity index (χ4n) is 6.72. The number of carbonyl (C=O) groups is 1. The highest BCUT2D eigenvalue weighted by atomic mass is 31.2. The Kier molecular flexibility index (Phi) is 43.0. The zero-order valence-electron chi connectivity index (χ0n) is 39.9. The monoisotopic (exact) mass is 866 g/mol. The first-order valence-corrected chi connectivity index (χ1v) is 26.3. The summed E-state index contributed by atoms with van der Waals surface area (Å²) in [6, 6.07) is 0. The summed E-state index contributed by atoms with van der Waals surface area (Å²) in [6.45, 7) is 5.37. The minimum Gasteiger partial charge on any atom is -0.756 e. The molecule has 0 aromatic rings. The number of carbonyl (C=O) groups excluding carboxylic acids is 1. The highest BCUT2D eigenvalue weighted by Crippen LogP contribution is 2.38. The van der Waals surface area contributed by atoms with E-state index in [0.29, 0.717) is 24.1 Å². The second kappa shape index (κ2) is 44.1. The van der Waals surface area contributed by atoms with E-state index in [2.05, 4.69) is 62.5 Å². The zero-order chi connectivity index (χ0) is 44.1. The Labute approximate surface area is 371 Å². The molecular formula is C51H96NO7P. The van der Waals surface area contributed by atoms with Crippen LogP contribution in [0.5, 0.6) is 0 Å². The van der Waals surface area contributed by atoms with Crippen LogP contribution in [-0.2, 0) is 27.9 Å². The SMILES string of the molecule is CCCCCC/C=C\C/C=C\CCCCCCCC(=O)OC(COCCCCCCCCCCCC/C=C\C/C=C\CCCCCCC)COP(=O)([O-])OCC[N+](C)(C)C. The number of rotatable bonds is 46. The van der Waals surface area contributed by atoms with Gasteiger partial charge in [0.1, 0.15) is 19.3 Å². The molecular weight excluding hydrogens is 770 g/mol. The van der Waals surface area contributed by atoms with E-state index in [9.17, 15) is 14.3 Å². The number of phosphoric ester groups is 1. The number of quaternary nitrogens is 1. The standard InChI is InChI=1S/C51H96NO7P/c1-6-8-10-12-14-16-18-20-22-24-25-26-27-28-29-31-33-35-37-39-41-43-46-56-48-50(49-58-60(54,55)57-47-45-52(3,4)5)59-51(53)44-42-40-38-36-34-32-30-23-21-19-17-15-13-11-9-7-2/h17-20,23-25,30,50H,6-16,21-22,26-29,31-49H2,1-5H3/b19-17-,20-18-,25-24-,30-23-. The van der Waals surface area contributed by atoms with Crippen LogP contribution >= 0.6 is 7.82 Å². The lowest BCUT2D eigenvalue weighted by molar-refractivity contribution is -0.870. The number of unbranched alkanes of at least 4 members (excludes halogenated alkanes) is 24. The third-order valence-electron chi connectivity index (χ3n) is 10.6. The largest absolute Gasteiger partial charge is 0.756 e. The Morgan fingerprint density at radius 1 is 0.517 bits per heavy atom. The van der Waals surface area contributed by atoms with E-state index >= 15 is 0 Å². The Balaban J connectivity index is 4.17. The van der Waals surface area contributed by atoms with Crippen molar-refractivity contribution in [2.45, 2.75) is 219 Å². The van der Waals surface area contributed by atoms with Crippen LogP contribution in [0.3, 0.4) is 0 Å². The molecule has 0 aliphatic rings. The van der Waals surface area contributed by atoms with Gasteiger partial charge < -0.3 is 27.9 Å². The van der Waals surface area contributed by atoms with Gasteiger partial charge in [-0.05, 0) is 77.0 Å². The van der Waals surface area contributed by atoms with Gasteiger partial charge in [-0.1, -0.05) is 178 Å². The highest BCUT2D eigenvalue weighted by molar-refractivity contribution is 7.45. The number of esters is 1. The molecule has 9 heteroatoms. The fourth-order valence-corrected chi connectivity index (χ4v) is 7.45. The molecule has 0 N–H and O–H groups in total. The molecule has 60 heavy (non-hydrogen) atoms. The van der Waals surface area contributed by atoms with Crippen LogP contribution in [0.2, 0.25) is 0 Å². The predicted molar refractivity (Wildman–Crippen MR) is 254 cm³/mol. The van der Waals surface area contributed by atoms with Gasteiger partial charge in [0.15, 0.2) is 0 Å². The average Bonchev–Trinajstić information content (AvgIpc) is 3.20. The number of allylic oxidation sites excluding steroid dienone is 8. The molecule has 0 aliphatic carbocycles. The quantitative estimate of drug-likeness (QED) is 0.0198. The van der Waals surface area contributed by atoms with Crippen molar-refractivity contribution in [3.05, 3.63) is 48.6 Å². The minimum absolute atomic E-state index is 0.0216. The second-order valence-corrected chi connectivity index (χ2v) is 19.2. The van der Waals surface area contributed by atoms with Crippen LogP contribution in [0.15, 0.2) is 48.6 Å². The van der Waals surface area contributed by atoms with Crippen LogP contribution < -0.4 is 4.89 Å². The Morgan fingerprint density at radius 3 is 1.37 bits per heavy atom. The van der Waals surface area contributed by atoms with Crippen LogP contribution in [0.1, 0.15) is 213 Å². The minimum atomic E-state index is -4.53. The fraction of sp³-hybridized carbons (Fsp3) is 0.824. The lowest BCUT2D eigenvalue weighted by Crippen LogP contribution is -2.37. The maximum atomic E-state index is 12.7. The maximum Gasteiger partial charge on any atom is 0.306 e. The zero-order valence-corrected chi connectivity index (χ0v) is 40.8. The van der Waals surface area contributed by atoms with Gasteiger partial charge in [-0.15, -0.1) is 0 Å². The molecule has 0 fully saturated rings. The number of ether oxygens (including phenoxy) is 2. The smallest absolute Gasteiger partial charge is 0.306 e. The molecule has 0 spiro atoms. The van der Waals surface area contributed by atoms with Crippen molar-refractivity contribution in [3.63, 3.8) is 0 Å². The summed E-state index contributed by atoms with van der Waals surface area (Å²) in [5, 5.41) is 0. The molecule has 2 atom stereocenters. The molecule has 0 saturated heterocycles. The summed E-state index contributed by atoms with van der Waals surface area (Å²) in [6.07, 6.45) is 54.1. The van der Waals surface area contributed by atoms with Crippen molar-refractivity contribution >= 4 is 13.8 Å². The van der Waals surface area contributed by atoms with Crippen molar-refractivity contribution in [2.24, 2.45) is 0 Å². The molecule has 2 unspecified atom stereocenters. The van der Waals surface area contributed by atoms with E-state index < -0.39 is 13.9 Å². The van der Waals surface area contributed by atoms with E-state index in [4.69, 9.17) is 18.5 Å². The van der Waals surface area contributed by atoms with Gasteiger partial charge >= 0.3 is 5.97 Å². The Morgan fingerprint density at radius 2 is 0.917 bits per heavy atom. The molecule has 0 heterocycles. The first-order valence-electron chi connectivity index (χ1n) is 24.9. The third kappa shape index (κ3) is 47.5. The first kappa shape index (κ1) is 58.5. The Bertz CT molecular complexity index is 1100. The Hall–Kier alpha value is -1.54. The van der Waals surface area contributed by atoms with Gasteiger partial charge in [-0.25, -0.2) is 0 Å². The maximum absolute atomic E-state index is 12.7. The number of likely N-dealkylation sites (N-methyl/N-ethyl adjacent to an activating group) is 1. The number of hydrogen-bond donors (Lipinski definition) is 0. The molecule has 0 amide bonds. The number of hydrogen-bond acceptors (Lipinski definition) is 7. The van der Waals surface area contributed by atoms with Crippen molar-refractivity contribution in [1.82, 2.24) is 0 Å². The molecule has 0 aromatic heterocycles. The molecule has 352 valence electrons. The van der Waals surface area contributed by atoms with Gasteiger partial charge in [0.2, 0.25) is 0 Å². The summed E-state index contributed by atoms with van der Waals surface area (Å²) in [5.41, 5.74) is 0. The average molecular weight is 866 g/mol. The first-order chi connectivity index (χ1) is 29.1. The number of phosphoric acid groups is 1. The molecule has 8 nitrogen and oxygen atoms in total. The normalized spacial score (nSPS) is 14.0. The van der Waals surface area contributed by atoms with E-state index in [0.717, 1.165) is 64.2 Å². The van der Waals surface area contributed by atoms with Crippen molar-refractivity contribution in [3.8, 4) is 0 Å². The third-order valence-corrected chi connectivity index (χ3v) is 11.6. The van der Waals surface area contributed by atoms with Crippen molar-refractivity contribution in [1.29, 1.82) is 0 Å². The molecule has 0 radical (unpaired) electrons. The predicted octanol–water partition coefficient (Wildman–Crippen LogP) is 14.5. The lowest BCUT2D eigenvalue weighted by atomic mass is 10.1. The van der Waals surface area contributed by atoms with Crippen LogP contribution in [-0.4, -0.2) is 70.7 Å². The van der Waals surface area contributed by atoms with E-state index in [1.807, 2.05) is 21.1 Å². The van der Waals surface area contributed by atoms with Gasteiger partial charge in [0, 0.05) is 13.0 Å². The highest BCUT2D eigenvalue weighted by Gasteiger charge is 2.20. The summed E-state index contributed by atoms with van der Waals surface area (Å²) in [7, 11) is 1.34. The van der Waals surface area contributed by atoms with Crippen LogP contribution in [0, 0.1) is 0 Å². The van der Waals surface area contributed by atoms with Crippen molar-refractivity contribution in [2.75, 3.05) is 54.1 Å². The van der Waals surface area contributed by atoms with Gasteiger partial charge in [-0.3, -0.25) is 9.36 Å². The second-order valence-electron chi connectivity index (χ2n) is 17.8. The number of nitrogens with zero attached hydrogens (tertiary/aromatic N) is 1. The van der Waals surface area contributed by atoms with Crippen molar-refractivity contribution < 1.29 is 37.3 Å². The summed E-state index contributed by atoms with van der Waals surface area (Å²) in [5.74, 6) is -0.348. The molecule has 0 aliphatic heterocycles. The summed E-state index contributed by atoms with van der Waals surface area (Å²) < 4.78 is 34.7. The van der Waals surface area contributed by atoms with Crippen LogP contribution in [0.25, 0.3) is 0 Å². The van der Waals surface area contributed by atoms with Crippen LogP contribution in [0.4, 0.5) is 0 Å². The van der Waals surface area contributed by atoms with Gasteiger partial charge in [0.25, 0.3) is 7.82 Å². The molecule has 0 saturated carbocycles. The molecule has 0 aromatic carbocycles. The summed E-state index contributed by atoms with van der Waals surface area (Å²) >= 11 is 0. The van der Waals surface area contributed by atoms with Gasteiger partial charge in [0.05, 0.1) is 34.4 Å². The van der Waals surface area contributed by atoms with E-state index in [-0.39, 0.29) is 25.8 Å².